The lowest BCUT2D eigenvalue weighted by Gasteiger charge is -2.21. The zero-order valence-corrected chi connectivity index (χ0v) is 63.2. The number of ether oxygens (including phenoxy) is 4. The summed E-state index contributed by atoms with van der Waals surface area (Å²) in [5.41, 5.74) is 0. The third kappa shape index (κ3) is 68.5. The molecule has 0 aromatic carbocycles. The molecule has 560 valence electrons. The summed E-state index contributed by atoms with van der Waals surface area (Å²) in [5, 5.41) is 10.6. The second kappa shape index (κ2) is 67.4. The fourth-order valence-corrected chi connectivity index (χ4v) is 12.7. The number of carbonyl (C=O) groups excluding carboxylic acids is 4. The van der Waals surface area contributed by atoms with Gasteiger partial charge in [0.2, 0.25) is 0 Å². The van der Waals surface area contributed by atoms with E-state index in [4.69, 9.17) is 37.0 Å². The number of aliphatic hydroxyl groups excluding tert-OH is 1. The molecule has 95 heavy (non-hydrogen) atoms. The summed E-state index contributed by atoms with van der Waals surface area (Å²) in [7, 11) is -9.92. The number of phosphoric ester groups is 2. The maximum absolute atomic E-state index is 13.1. The number of rotatable bonds is 73. The minimum Gasteiger partial charge on any atom is -0.462 e. The molecular weight excluding hydrogens is 1250 g/mol. The van der Waals surface area contributed by atoms with E-state index in [-0.39, 0.29) is 25.7 Å². The molecule has 0 bridgehead atoms. The highest BCUT2D eigenvalue weighted by Crippen LogP contribution is 2.45. The molecule has 0 saturated heterocycles. The van der Waals surface area contributed by atoms with Crippen LogP contribution in [0, 0.1) is 11.8 Å². The molecule has 0 aliphatic heterocycles. The Morgan fingerprint density at radius 2 is 0.621 bits per heavy atom. The second-order valence-electron chi connectivity index (χ2n) is 27.4. The normalized spacial score (nSPS) is 14.5. The van der Waals surface area contributed by atoms with E-state index < -0.39 is 97.5 Å². The van der Waals surface area contributed by atoms with Crippen molar-refractivity contribution in [3.63, 3.8) is 0 Å². The molecule has 17 nitrogen and oxygen atoms in total. The Hall–Kier alpha value is -2.46. The van der Waals surface area contributed by atoms with Crippen molar-refractivity contribution in [2.45, 2.75) is 387 Å². The van der Waals surface area contributed by atoms with Gasteiger partial charge in [-0.1, -0.05) is 316 Å². The van der Waals surface area contributed by atoms with Gasteiger partial charge in [-0.3, -0.25) is 37.3 Å². The molecule has 0 heterocycles. The average Bonchev–Trinajstić information content (AvgIpc) is 2.35. The van der Waals surface area contributed by atoms with Gasteiger partial charge in [-0.2, -0.15) is 0 Å². The van der Waals surface area contributed by atoms with Crippen LogP contribution in [0.15, 0.2) is 24.3 Å². The van der Waals surface area contributed by atoms with Crippen molar-refractivity contribution in [2.24, 2.45) is 11.8 Å². The molecule has 0 aliphatic carbocycles. The van der Waals surface area contributed by atoms with E-state index >= 15 is 0 Å². The molecule has 3 unspecified atom stereocenters. The van der Waals surface area contributed by atoms with Crippen molar-refractivity contribution < 1.29 is 80.2 Å². The summed E-state index contributed by atoms with van der Waals surface area (Å²) in [6.45, 7) is 9.51. The highest BCUT2D eigenvalue weighted by molar-refractivity contribution is 7.47. The summed E-state index contributed by atoms with van der Waals surface area (Å²) >= 11 is 0. The summed E-state index contributed by atoms with van der Waals surface area (Å²) in [6, 6.07) is 0. The standard InChI is InChI=1S/C76H144O17P2/c1-7-10-12-14-16-18-20-22-24-26-28-30-34-42-48-54-60-75(80)92-71(64-86-73(78)58-52-46-40-33-29-27-25-23-21-19-17-15-13-11-8-2)66-90-94(82,83)88-62-70(77)63-89-95(84,85)91-67-72(93-76(81)61-55-49-43-35-31-32-38-44-50-56-68(4)5)65-87-74(79)59-53-47-41-37-36-39-45-51-57-69(6)9-3/h19,21,23,25,68-72,77H,7-18,20,22,24,26-67H2,1-6H3,(H,82,83)(H,84,85)/b21-19-,25-23-/t69?,70-,71-,72-/m1/s1. The van der Waals surface area contributed by atoms with Gasteiger partial charge in [-0.25, -0.2) is 9.13 Å². The molecule has 6 atom stereocenters. The van der Waals surface area contributed by atoms with Gasteiger partial charge in [-0.05, 0) is 63.2 Å². The van der Waals surface area contributed by atoms with Gasteiger partial charge in [0, 0.05) is 25.7 Å². The largest absolute Gasteiger partial charge is 0.472 e. The maximum Gasteiger partial charge on any atom is 0.472 e. The molecule has 0 fully saturated rings. The molecule has 0 saturated carbocycles. The first kappa shape index (κ1) is 92.5. The Balaban J connectivity index is 5.30. The zero-order chi connectivity index (χ0) is 70.0. The molecule has 19 heteroatoms. The van der Waals surface area contributed by atoms with E-state index in [1.165, 1.54) is 167 Å². The van der Waals surface area contributed by atoms with Crippen molar-refractivity contribution in [1.29, 1.82) is 0 Å². The number of phosphoric acid groups is 2. The Labute approximate surface area is 580 Å². The van der Waals surface area contributed by atoms with E-state index in [0.717, 1.165) is 121 Å². The lowest BCUT2D eigenvalue weighted by molar-refractivity contribution is -0.161. The number of unbranched alkanes of at least 4 members (excludes halogenated alkanes) is 39. The van der Waals surface area contributed by atoms with E-state index in [1.807, 2.05) is 0 Å². The fourth-order valence-electron chi connectivity index (χ4n) is 11.1. The SMILES string of the molecule is CCCCCC/C=C\C=C/CCCCCCCC(=O)OC[C@H](COP(=O)(O)OC[C@@H](O)COP(=O)(O)OC[C@@H](COC(=O)CCCCCCCCCCC(C)CC)OC(=O)CCCCCCCCCCCC(C)C)OC(=O)CCCCCCCCCCCCCCCCCC. The molecular formula is C76H144O17P2. The Bertz CT molecular complexity index is 1930. The minimum atomic E-state index is -4.96. The molecule has 0 spiro atoms. The van der Waals surface area contributed by atoms with Crippen molar-refractivity contribution in [3.8, 4) is 0 Å². The van der Waals surface area contributed by atoms with E-state index in [0.29, 0.717) is 25.7 Å². The van der Waals surface area contributed by atoms with Gasteiger partial charge in [0.15, 0.2) is 12.2 Å². The highest BCUT2D eigenvalue weighted by atomic mass is 31.2. The number of aliphatic hydroxyl groups is 1. The quantitative estimate of drug-likeness (QED) is 0.0169. The van der Waals surface area contributed by atoms with Crippen molar-refractivity contribution in [3.05, 3.63) is 24.3 Å². The van der Waals surface area contributed by atoms with Gasteiger partial charge in [-0.15, -0.1) is 0 Å². The van der Waals surface area contributed by atoms with Crippen LogP contribution in [-0.2, 0) is 65.4 Å². The van der Waals surface area contributed by atoms with E-state index in [1.54, 1.807) is 0 Å². The van der Waals surface area contributed by atoms with Crippen LogP contribution < -0.4 is 0 Å². The van der Waals surface area contributed by atoms with Crippen molar-refractivity contribution >= 4 is 39.5 Å². The first-order valence-electron chi connectivity index (χ1n) is 38.8. The molecule has 3 N–H and O–H groups in total. The smallest absolute Gasteiger partial charge is 0.462 e. The topological polar surface area (TPSA) is 237 Å². The molecule has 0 amide bonds. The van der Waals surface area contributed by atoms with Crippen LogP contribution in [0.1, 0.15) is 369 Å². The predicted molar refractivity (Wildman–Crippen MR) is 386 cm³/mol. The van der Waals surface area contributed by atoms with Gasteiger partial charge in [0.1, 0.15) is 19.3 Å². The predicted octanol–water partition coefficient (Wildman–Crippen LogP) is 21.9. The third-order valence-electron chi connectivity index (χ3n) is 17.4. The van der Waals surface area contributed by atoms with Crippen LogP contribution in [0.2, 0.25) is 0 Å². The Morgan fingerprint density at radius 3 is 0.947 bits per heavy atom. The van der Waals surface area contributed by atoms with Crippen LogP contribution in [0.3, 0.4) is 0 Å². The van der Waals surface area contributed by atoms with Crippen LogP contribution in [-0.4, -0.2) is 96.7 Å². The lowest BCUT2D eigenvalue weighted by Crippen LogP contribution is -2.30. The zero-order valence-electron chi connectivity index (χ0n) is 61.5. The van der Waals surface area contributed by atoms with E-state index in [9.17, 15) is 43.2 Å². The lowest BCUT2D eigenvalue weighted by atomic mass is 9.99. The number of esters is 4. The molecule has 0 rings (SSSR count). The third-order valence-corrected chi connectivity index (χ3v) is 19.3. The monoisotopic (exact) mass is 1390 g/mol. The van der Waals surface area contributed by atoms with Gasteiger partial charge in [0.05, 0.1) is 26.4 Å². The van der Waals surface area contributed by atoms with Gasteiger partial charge < -0.3 is 33.8 Å². The van der Waals surface area contributed by atoms with Crippen LogP contribution in [0.4, 0.5) is 0 Å². The van der Waals surface area contributed by atoms with Gasteiger partial charge >= 0.3 is 39.5 Å². The van der Waals surface area contributed by atoms with Gasteiger partial charge in [0.25, 0.3) is 0 Å². The van der Waals surface area contributed by atoms with E-state index in [2.05, 4.69) is 65.8 Å². The Kier molecular flexibility index (Phi) is 65.6. The summed E-state index contributed by atoms with van der Waals surface area (Å²) in [4.78, 5) is 72.8. The first-order chi connectivity index (χ1) is 45.9. The summed E-state index contributed by atoms with van der Waals surface area (Å²) in [6.07, 6.45) is 57.6. The van der Waals surface area contributed by atoms with Crippen LogP contribution in [0.25, 0.3) is 0 Å². The van der Waals surface area contributed by atoms with Crippen LogP contribution >= 0.6 is 15.6 Å². The molecule has 0 aliphatic rings. The maximum atomic E-state index is 13.1. The minimum absolute atomic E-state index is 0.101. The summed E-state index contributed by atoms with van der Waals surface area (Å²) in [5.74, 6) is -0.635. The number of carbonyl (C=O) groups is 4. The number of hydrogen-bond donors (Lipinski definition) is 3. The summed E-state index contributed by atoms with van der Waals surface area (Å²) < 4.78 is 68.5. The van der Waals surface area contributed by atoms with Crippen molar-refractivity contribution in [2.75, 3.05) is 39.6 Å². The molecule has 0 aromatic heterocycles. The van der Waals surface area contributed by atoms with Crippen molar-refractivity contribution in [1.82, 2.24) is 0 Å². The Morgan fingerprint density at radius 1 is 0.347 bits per heavy atom. The highest BCUT2D eigenvalue weighted by Gasteiger charge is 2.30. The second-order valence-corrected chi connectivity index (χ2v) is 30.3. The average molecular weight is 1390 g/mol. The first-order valence-corrected chi connectivity index (χ1v) is 41.8. The number of allylic oxidation sites excluding steroid dienone is 4. The fraction of sp³-hybridized carbons (Fsp3) is 0.895. The number of hydrogen-bond acceptors (Lipinski definition) is 15. The molecule has 0 radical (unpaired) electrons. The van der Waals surface area contributed by atoms with Crippen LogP contribution in [0.5, 0.6) is 0 Å². The molecule has 0 aromatic rings.